The number of aliphatic carboxylic acids is 1. The Balaban J connectivity index is 1.99. The molecule has 2 bridgehead atoms. The van der Waals surface area contributed by atoms with Gasteiger partial charge < -0.3 is 20.1 Å². The number of hydrogen-bond acceptors (Lipinski definition) is 4. The summed E-state index contributed by atoms with van der Waals surface area (Å²) in [6.45, 7) is 7.95. The Morgan fingerprint density at radius 2 is 2.14 bits per heavy atom. The maximum atomic E-state index is 11.8. The summed E-state index contributed by atoms with van der Waals surface area (Å²) >= 11 is 0. The van der Waals surface area contributed by atoms with Crippen LogP contribution in [0.15, 0.2) is 0 Å². The second-order valence-corrected chi connectivity index (χ2v) is 7.39. The Kier molecular flexibility index (Phi) is 4.46. The molecule has 6 nitrogen and oxygen atoms in total. The quantitative estimate of drug-likeness (QED) is 0.829. The van der Waals surface area contributed by atoms with Gasteiger partial charge in [0.1, 0.15) is 5.60 Å². The first-order valence-electron chi connectivity index (χ1n) is 7.63. The molecule has 0 radical (unpaired) electrons. The molecule has 1 amide bonds. The van der Waals surface area contributed by atoms with E-state index in [1.54, 1.807) is 20.8 Å². The van der Waals surface area contributed by atoms with Crippen LogP contribution in [0.3, 0.4) is 0 Å². The lowest BCUT2D eigenvalue weighted by Crippen LogP contribution is -2.57. The summed E-state index contributed by atoms with van der Waals surface area (Å²) < 4.78 is 5.19. The van der Waals surface area contributed by atoms with Gasteiger partial charge in [0.15, 0.2) is 0 Å². The van der Waals surface area contributed by atoms with Gasteiger partial charge in [-0.15, -0.1) is 0 Å². The van der Waals surface area contributed by atoms with Gasteiger partial charge in [0, 0.05) is 19.6 Å². The molecule has 0 aromatic heterocycles. The molecule has 0 aliphatic carbocycles. The van der Waals surface area contributed by atoms with Gasteiger partial charge in [0.05, 0.1) is 5.41 Å². The van der Waals surface area contributed by atoms with E-state index in [1.165, 1.54) is 0 Å². The van der Waals surface area contributed by atoms with Crippen LogP contribution in [0, 0.1) is 11.3 Å². The van der Waals surface area contributed by atoms with Crippen molar-refractivity contribution in [2.24, 2.45) is 11.3 Å². The highest BCUT2D eigenvalue weighted by molar-refractivity contribution is 5.77. The Labute approximate surface area is 125 Å². The van der Waals surface area contributed by atoms with Gasteiger partial charge in [0.25, 0.3) is 0 Å². The van der Waals surface area contributed by atoms with E-state index in [9.17, 15) is 14.7 Å². The zero-order valence-electron chi connectivity index (χ0n) is 13.1. The minimum Gasteiger partial charge on any atom is -0.481 e. The molecule has 0 saturated carbocycles. The molecule has 2 aliphatic rings. The lowest BCUT2D eigenvalue weighted by molar-refractivity contribution is -0.155. The van der Waals surface area contributed by atoms with E-state index in [4.69, 9.17) is 4.74 Å². The number of nitrogens with one attached hydrogen (secondary N) is 1. The minimum absolute atomic E-state index is 0.129. The minimum atomic E-state index is -0.889. The molecule has 0 aromatic carbocycles. The largest absolute Gasteiger partial charge is 0.481 e. The van der Waals surface area contributed by atoms with Crippen molar-refractivity contribution in [2.45, 2.75) is 45.6 Å². The standard InChI is InChI=1S/C15H26N2O4/c1-14(2,3)21-13(20)16-9-15(12(18)19)7-11-5-4-6-17(8-11)10-15/h11H,4-10H2,1-3H3,(H,16,20)(H,18,19). The van der Waals surface area contributed by atoms with Crippen molar-refractivity contribution in [3.8, 4) is 0 Å². The van der Waals surface area contributed by atoms with Crippen molar-refractivity contribution in [3.63, 3.8) is 0 Å². The average Bonchev–Trinajstić information content (AvgIpc) is 2.33. The first-order chi connectivity index (χ1) is 9.70. The van der Waals surface area contributed by atoms with Gasteiger partial charge >= 0.3 is 12.1 Å². The van der Waals surface area contributed by atoms with E-state index in [2.05, 4.69) is 10.2 Å². The second kappa shape index (κ2) is 5.83. The van der Waals surface area contributed by atoms with E-state index in [0.717, 1.165) is 25.9 Å². The molecule has 0 spiro atoms. The summed E-state index contributed by atoms with van der Waals surface area (Å²) in [5, 5.41) is 12.3. The molecule has 2 rings (SSSR count). The number of amides is 1. The lowest BCUT2D eigenvalue weighted by Gasteiger charge is -2.46. The van der Waals surface area contributed by atoms with Crippen LogP contribution in [0.1, 0.15) is 40.0 Å². The molecule has 120 valence electrons. The maximum absolute atomic E-state index is 11.8. The summed E-state index contributed by atoms with van der Waals surface area (Å²) in [7, 11) is 0. The van der Waals surface area contributed by atoms with Gasteiger partial charge in [-0.3, -0.25) is 4.79 Å². The summed E-state index contributed by atoms with van der Waals surface area (Å²) in [6, 6.07) is 0. The number of carboxylic acid groups (broad SMARTS) is 1. The average molecular weight is 298 g/mol. The molecule has 2 heterocycles. The van der Waals surface area contributed by atoms with Crippen molar-refractivity contribution in [1.29, 1.82) is 0 Å². The highest BCUT2D eigenvalue weighted by Gasteiger charge is 2.47. The second-order valence-electron chi connectivity index (χ2n) is 7.39. The van der Waals surface area contributed by atoms with Gasteiger partial charge in [0.2, 0.25) is 0 Å². The van der Waals surface area contributed by atoms with E-state index >= 15 is 0 Å². The van der Waals surface area contributed by atoms with Crippen molar-refractivity contribution in [2.75, 3.05) is 26.2 Å². The Hall–Kier alpha value is -1.30. The topological polar surface area (TPSA) is 78.9 Å². The van der Waals surface area contributed by atoms with E-state index < -0.39 is 23.1 Å². The van der Waals surface area contributed by atoms with Crippen LogP contribution in [0.25, 0.3) is 0 Å². The lowest BCUT2D eigenvalue weighted by atomic mass is 9.72. The van der Waals surface area contributed by atoms with Crippen molar-refractivity contribution >= 4 is 12.1 Å². The molecule has 6 heteroatoms. The van der Waals surface area contributed by atoms with Crippen LogP contribution in [0.5, 0.6) is 0 Å². The number of ether oxygens (including phenoxy) is 1. The monoisotopic (exact) mass is 298 g/mol. The number of carboxylic acids is 1. The molecule has 3 atom stereocenters. The number of fused-ring (bicyclic) bond motifs is 2. The van der Waals surface area contributed by atoms with Crippen LogP contribution in [0.4, 0.5) is 4.79 Å². The third-order valence-electron chi connectivity index (χ3n) is 4.23. The molecule has 2 aliphatic heterocycles. The molecular weight excluding hydrogens is 272 g/mol. The maximum Gasteiger partial charge on any atom is 0.407 e. The van der Waals surface area contributed by atoms with Crippen LogP contribution < -0.4 is 5.32 Å². The molecule has 21 heavy (non-hydrogen) atoms. The summed E-state index contributed by atoms with van der Waals surface area (Å²) in [6.07, 6.45) is 2.31. The third-order valence-corrected chi connectivity index (χ3v) is 4.23. The van der Waals surface area contributed by atoms with E-state index in [1.807, 2.05) is 0 Å². The van der Waals surface area contributed by atoms with Crippen LogP contribution >= 0.6 is 0 Å². The van der Waals surface area contributed by atoms with Gasteiger partial charge in [-0.05, 0) is 52.5 Å². The SMILES string of the molecule is CC(C)(C)OC(=O)NCC1(C(=O)O)CC2CCCN(C2)C1. The van der Waals surface area contributed by atoms with Gasteiger partial charge in [-0.2, -0.15) is 0 Å². The molecular formula is C15H26N2O4. The van der Waals surface area contributed by atoms with Crippen LogP contribution in [0.2, 0.25) is 0 Å². The zero-order chi connectivity index (χ0) is 15.7. The number of piperidine rings is 2. The molecule has 2 fully saturated rings. The normalized spacial score (nSPS) is 32.3. The molecule has 2 saturated heterocycles. The number of nitrogens with zero attached hydrogens (tertiary/aromatic N) is 1. The Morgan fingerprint density at radius 3 is 2.71 bits per heavy atom. The number of carbonyl (C=O) groups excluding carboxylic acids is 1. The van der Waals surface area contributed by atoms with Crippen molar-refractivity contribution in [1.82, 2.24) is 10.2 Å². The predicted octanol–water partition coefficient (Wildman–Crippen LogP) is 1.70. The van der Waals surface area contributed by atoms with Crippen molar-refractivity contribution < 1.29 is 19.4 Å². The van der Waals surface area contributed by atoms with E-state index in [0.29, 0.717) is 18.9 Å². The highest BCUT2D eigenvalue weighted by atomic mass is 16.6. The van der Waals surface area contributed by atoms with Crippen molar-refractivity contribution in [3.05, 3.63) is 0 Å². The van der Waals surface area contributed by atoms with Gasteiger partial charge in [-0.1, -0.05) is 0 Å². The van der Waals surface area contributed by atoms with Crippen LogP contribution in [-0.4, -0.2) is 53.8 Å². The number of hydrogen-bond donors (Lipinski definition) is 2. The molecule has 3 unspecified atom stereocenters. The Morgan fingerprint density at radius 1 is 1.43 bits per heavy atom. The highest BCUT2D eigenvalue weighted by Crippen LogP contribution is 2.38. The summed E-state index contributed by atoms with van der Waals surface area (Å²) in [5.74, 6) is -0.404. The smallest absolute Gasteiger partial charge is 0.407 e. The summed E-state index contributed by atoms with van der Waals surface area (Å²) in [4.78, 5) is 25.8. The number of rotatable bonds is 3. The zero-order valence-corrected chi connectivity index (χ0v) is 13.1. The predicted molar refractivity (Wildman–Crippen MR) is 78.1 cm³/mol. The first kappa shape index (κ1) is 16.1. The number of alkyl carbamates (subject to hydrolysis) is 1. The third kappa shape index (κ3) is 4.09. The Bertz CT molecular complexity index is 404. The van der Waals surface area contributed by atoms with Gasteiger partial charge in [-0.25, -0.2) is 4.79 Å². The van der Waals surface area contributed by atoms with E-state index in [-0.39, 0.29) is 6.54 Å². The fraction of sp³-hybridized carbons (Fsp3) is 0.867. The summed E-state index contributed by atoms with van der Waals surface area (Å²) in [5.41, 5.74) is -1.46. The molecule has 2 N–H and O–H groups in total. The fourth-order valence-corrected chi connectivity index (χ4v) is 3.42. The number of carbonyl (C=O) groups is 2. The first-order valence-corrected chi connectivity index (χ1v) is 7.63. The fourth-order valence-electron chi connectivity index (χ4n) is 3.42. The molecule has 0 aromatic rings. The van der Waals surface area contributed by atoms with Crippen LogP contribution in [-0.2, 0) is 9.53 Å².